The molecule has 0 radical (unpaired) electrons. The van der Waals surface area contributed by atoms with Gasteiger partial charge in [-0.25, -0.2) is 4.79 Å². The predicted octanol–water partition coefficient (Wildman–Crippen LogP) is 5.51. The van der Waals surface area contributed by atoms with Gasteiger partial charge in [-0.3, -0.25) is 9.59 Å². The third kappa shape index (κ3) is 4.53. The number of carbonyl (C=O) groups excluding carboxylic acids is 3. The molecule has 3 heterocycles. The number of likely N-dealkylation sites (tertiary alicyclic amines) is 1. The summed E-state index contributed by atoms with van der Waals surface area (Å²) < 4.78 is 16.3. The van der Waals surface area contributed by atoms with E-state index in [1.165, 1.54) is 12.5 Å². The van der Waals surface area contributed by atoms with Crippen LogP contribution in [0.4, 0.5) is 0 Å². The van der Waals surface area contributed by atoms with Crippen LogP contribution in [-0.2, 0) is 9.53 Å². The highest BCUT2D eigenvalue weighted by Gasteiger charge is 2.40. The number of carbonyl (C=O) groups is 3. The smallest absolute Gasteiger partial charge is 0.379 e. The summed E-state index contributed by atoms with van der Waals surface area (Å²) in [5.41, 5.74) is 4.36. The Hall–Kier alpha value is -3.87. The molecule has 0 saturated carbocycles. The zero-order valence-electron chi connectivity index (χ0n) is 20.7. The summed E-state index contributed by atoms with van der Waals surface area (Å²) in [4.78, 5) is 41.0. The van der Waals surface area contributed by atoms with Crippen molar-refractivity contribution in [3.8, 4) is 0 Å². The molecule has 186 valence electrons. The summed E-state index contributed by atoms with van der Waals surface area (Å²) >= 11 is 0. The van der Waals surface area contributed by atoms with Gasteiger partial charge in [-0.05, 0) is 80.5 Å². The second-order valence-electron chi connectivity index (χ2n) is 9.82. The summed E-state index contributed by atoms with van der Waals surface area (Å²) in [6.45, 7) is 7.17. The number of hydrogen-bond acceptors (Lipinski definition) is 6. The van der Waals surface area contributed by atoms with Crippen molar-refractivity contribution >= 4 is 23.2 Å². The highest BCUT2D eigenvalue weighted by atomic mass is 16.5. The molecule has 2 unspecified atom stereocenters. The van der Waals surface area contributed by atoms with Crippen LogP contribution in [0, 0.1) is 32.6 Å². The minimum atomic E-state index is -0.612. The van der Waals surface area contributed by atoms with Crippen molar-refractivity contribution in [1.29, 1.82) is 0 Å². The maximum absolute atomic E-state index is 13.8. The van der Waals surface area contributed by atoms with Gasteiger partial charge in [0.25, 0.3) is 5.91 Å². The fraction of sp³-hybridized carbons (Fsp3) is 0.345. The Balaban J connectivity index is 1.38. The van der Waals surface area contributed by atoms with E-state index in [2.05, 4.69) is 0 Å². The minimum absolute atomic E-state index is 0.0110. The average molecular weight is 488 g/mol. The molecular weight excluding hydrogens is 458 g/mol. The van der Waals surface area contributed by atoms with Crippen LogP contribution in [0.25, 0.3) is 5.57 Å². The third-order valence-corrected chi connectivity index (χ3v) is 7.12. The molecule has 1 fully saturated rings. The van der Waals surface area contributed by atoms with E-state index < -0.39 is 5.97 Å². The Morgan fingerprint density at radius 3 is 2.33 bits per heavy atom. The normalized spacial score (nSPS) is 19.9. The van der Waals surface area contributed by atoms with E-state index in [-0.39, 0.29) is 29.3 Å². The molecule has 1 aliphatic carbocycles. The molecule has 0 bridgehead atoms. The number of ketones is 1. The van der Waals surface area contributed by atoms with Gasteiger partial charge in [0.15, 0.2) is 11.5 Å². The number of ether oxygens (including phenoxy) is 1. The van der Waals surface area contributed by atoms with Crippen LogP contribution >= 0.6 is 0 Å². The van der Waals surface area contributed by atoms with Crippen molar-refractivity contribution in [3.63, 3.8) is 0 Å². The number of Topliss-reactive ketones (excluding diaryl/α,β-unsaturated/α-hetero) is 1. The van der Waals surface area contributed by atoms with Gasteiger partial charge in [0.2, 0.25) is 5.76 Å². The number of nitrogens with zero attached hydrogens (tertiary/aromatic N) is 1. The van der Waals surface area contributed by atoms with Gasteiger partial charge in [0, 0.05) is 25.4 Å². The Morgan fingerprint density at radius 1 is 1.03 bits per heavy atom. The first-order valence-corrected chi connectivity index (χ1v) is 12.3. The summed E-state index contributed by atoms with van der Waals surface area (Å²) in [5.74, 6) is -0.0712. The van der Waals surface area contributed by atoms with Crippen molar-refractivity contribution in [3.05, 3.63) is 88.5 Å². The van der Waals surface area contributed by atoms with Crippen LogP contribution < -0.4 is 0 Å². The number of amides is 1. The maximum Gasteiger partial charge on any atom is 0.379 e. The van der Waals surface area contributed by atoms with E-state index in [0.29, 0.717) is 43.0 Å². The molecule has 0 N–H and O–H groups in total. The molecule has 7 nitrogen and oxygen atoms in total. The lowest BCUT2D eigenvalue weighted by Gasteiger charge is -2.17. The summed E-state index contributed by atoms with van der Waals surface area (Å²) in [7, 11) is 0. The number of esters is 1. The first-order chi connectivity index (χ1) is 17.3. The summed E-state index contributed by atoms with van der Waals surface area (Å²) in [6.07, 6.45) is 4.69. The van der Waals surface area contributed by atoms with Crippen LogP contribution in [0.15, 0.2) is 63.5 Å². The second kappa shape index (κ2) is 9.64. The molecule has 1 amide bonds. The van der Waals surface area contributed by atoms with Gasteiger partial charge in [0.1, 0.15) is 5.76 Å². The predicted molar refractivity (Wildman–Crippen MR) is 132 cm³/mol. The molecule has 1 saturated heterocycles. The fourth-order valence-electron chi connectivity index (χ4n) is 5.60. The van der Waals surface area contributed by atoms with E-state index in [0.717, 1.165) is 28.7 Å². The molecule has 36 heavy (non-hydrogen) atoms. The van der Waals surface area contributed by atoms with Crippen LogP contribution in [0.3, 0.4) is 0 Å². The van der Waals surface area contributed by atoms with E-state index >= 15 is 0 Å². The van der Waals surface area contributed by atoms with E-state index in [9.17, 15) is 14.4 Å². The topological polar surface area (TPSA) is 90.0 Å². The lowest BCUT2D eigenvalue weighted by Crippen LogP contribution is -2.28. The quantitative estimate of drug-likeness (QED) is 0.426. The fourth-order valence-corrected chi connectivity index (χ4v) is 5.60. The zero-order valence-corrected chi connectivity index (χ0v) is 20.7. The maximum atomic E-state index is 13.8. The molecule has 2 aliphatic rings. The molecule has 7 heteroatoms. The Morgan fingerprint density at radius 2 is 1.69 bits per heavy atom. The second-order valence-corrected chi connectivity index (χ2v) is 9.82. The summed E-state index contributed by atoms with van der Waals surface area (Å²) in [6, 6.07) is 10.6. The number of rotatable bonds is 6. The standard InChI is InChI=1S/C29H29NO6/c1-17-12-18(2)25(19(3)13-17)26-24(36-29(33)23-7-5-11-35-23)15-21(27(26)31)14-20-8-9-30(16-20)28(32)22-6-4-10-34-22/h4-7,10-13,20-21H,8-9,14-16H2,1-3H3. The molecule has 3 aromatic rings. The van der Waals surface area contributed by atoms with E-state index in [1.54, 1.807) is 29.2 Å². The van der Waals surface area contributed by atoms with Crippen LogP contribution in [0.5, 0.6) is 0 Å². The Bertz CT molecular complexity index is 1310. The Labute approximate surface area is 209 Å². The Kier molecular flexibility index (Phi) is 6.39. The number of hydrogen-bond donors (Lipinski definition) is 0. The van der Waals surface area contributed by atoms with Gasteiger partial charge in [-0.15, -0.1) is 0 Å². The van der Waals surface area contributed by atoms with Gasteiger partial charge in [0.05, 0.1) is 18.1 Å². The van der Waals surface area contributed by atoms with Crippen molar-refractivity contribution in [2.45, 2.75) is 40.0 Å². The average Bonchev–Trinajstić information content (AvgIpc) is 3.64. The summed E-state index contributed by atoms with van der Waals surface area (Å²) in [5, 5.41) is 0. The van der Waals surface area contributed by atoms with Gasteiger partial charge >= 0.3 is 5.97 Å². The first kappa shape index (κ1) is 23.9. The van der Waals surface area contributed by atoms with E-state index in [4.69, 9.17) is 13.6 Å². The van der Waals surface area contributed by atoms with Crippen molar-refractivity contribution in [1.82, 2.24) is 4.90 Å². The number of benzene rings is 1. The minimum Gasteiger partial charge on any atom is -0.459 e. The first-order valence-electron chi connectivity index (χ1n) is 12.3. The molecule has 2 aromatic heterocycles. The monoisotopic (exact) mass is 487 g/mol. The molecule has 2 atom stereocenters. The van der Waals surface area contributed by atoms with Crippen LogP contribution in [0.2, 0.25) is 0 Å². The lowest BCUT2D eigenvalue weighted by molar-refractivity contribution is -0.117. The van der Waals surface area contributed by atoms with Crippen molar-refractivity contribution < 1.29 is 28.0 Å². The lowest BCUT2D eigenvalue weighted by atomic mass is 9.87. The van der Waals surface area contributed by atoms with Gasteiger partial charge in [-0.2, -0.15) is 0 Å². The van der Waals surface area contributed by atoms with Crippen molar-refractivity contribution in [2.75, 3.05) is 13.1 Å². The highest BCUT2D eigenvalue weighted by molar-refractivity contribution is 6.25. The molecule has 5 rings (SSSR count). The molecule has 0 spiro atoms. The number of aryl methyl sites for hydroxylation is 3. The van der Waals surface area contributed by atoms with Crippen LogP contribution in [0.1, 0.15) is 62.6 Å². The molecule has 1 aromatic carbocycles. The largest absolute Gasteiger partial charge is 0.459 e. The van der Waals surface area contributed by atoms with Crippen molar-refractivity contribution in [2.24, 2.45) is 11.8 Å². The zero-order chi connectivity index (χ0) is 25.4. The number of furan rings is 2. The molecular formula is C29H29NO6. The highest BCUT2D eigenvalue weighted by Crippen LogP contribution is 2.42. The van der Waals surface area contributed by atoms with Gasteiger partial charge < -0.3 is 18.5 Å². The third-order valence-electron chi connectivity index (χ3n) is 7.12. The SMILES string of the molecule is Cc1cc(C)c(C2=C(OC(=O)c3ccco3)CC(CC3CCN(C(=O)c4ccco4)C3)C2=O)c(C)c1. The molecule has 1 aliphatic heterocycles. The number of allylic oxidation sites excluding steroid dienone is 2. The van der Waals surface area contributed by atoms with E-state index in [1.807, 2.05) is 32.9 Å². The van der Waals surface area contributed by atoms with Crippen LogP contribution in [-0.4, -0.2) is 35.6 Å². The van der Waals surface area contributed by atoms with Gasteiger partial charge in [-0.1, -0.05) is 17.7 Å².